The average Bonchev–Trinajstić information content (AvgIpc) is 3.71. The Balaban J connectivity index is 0.00000481. The number of ether oxygens (including phenoxy) is 1. The van der Waals surface area contributed by atoms with Gasteiger partial charge in [-0.3, -0.25) is 4.68 Å². The summed E-state index contributed by atoms with van der Waals surface area (Å²) >= 11 is 0. The number of hydrogen-bond donors (Lipinski definition) is 0. The van der Waals surface area contributed by atoms with Crippen molar-refractivity contribution in [1.82, 2.24) is 19.3 Å². The fourth-order valence-corrected chi connectivity index (χ4v) is 7.83. The normalized spacial score (nSPS) is 11.8. The zero-order valence-electron chi connectivity index (χ0n) is 32.4. The number of hydrogen-bond acceptors (Lipinski definition) is 3. The average molecular weight is 882 g/mol. The van der Waals surface area contributed by atoms with E-state index in [4.69, 9.17) is 14.8 Å². The minimum Gasteiger partial charge on any atom is -0.509 e. The molecule has 0 aliphatic carbocycles. The predicted octanol–water partition coefficient (Wildman–Crippen LogP) is 12.4. The summed E-state index contributed by atoms with van der Waals surface area (Å²) in [6.45, 7) is 20.7. The van der Waals surface area contributed by atoms with Gasteiger partial charge in [-0.15, -0.1) is 35.7 Å². The van der Waals surface area contributed by atoms with Crippen LogP contribution < -0.4 is 4.74 Å². The smallest absolute Gasteiger partial charge is 0.509 e. The molecule has 0 N–H and O–H groups in total. The van der Waals surface area contributed by atoms with Gasteiger partial charge in [0.1, 0.15) is 5.82 Å². The van der Waals surface area contributed by atoms with Crippen LogP contribution in [0.3, 0.4) is 0 Å². The first-order valence-electron chi connectivity index (χ1n) is 18.8. The van der Waals surface area contributed by atoms with Crippen LogP contribution in [0.25, 0.3) is 44.4 Å². The van der Waals surface area contributed by atoms with Crippen molar-refractivity contribution in [3.8, 4) is 34.1 Å². The second kappa shape index (κ2) is 15.9. The molecule has 0 atom stereocenters. The molecule has 0 saturated heterocycles. The molecule has 0 aliphatic rings. The van der Waals surface area contributed by atoms with Crippen molar-refractivity contribution in [2.45, 2.75) is 87.0 Å². The summed E-state index contributed by atoms with van der Waals surface area (Å²) in [5, 5.41) is 7.17. The van der Waals surface area contributed by atoms with Gasteiger partial charge in [-0.1, -0.05) is 85.2 Å². The van der Waals surface area contributed by atoms with Crippen molar-refractivity contribution in [1.29, 1.82) is 0 Å². The van der Waals surface area contributed by atoms with Gasteiger partial charge in [0.25, 0.3) is 0 Å². The number of para-hydroxylation sites is 1. The van der Waals surface area contributed by atoms with E-state index in [9.17, 15) is 0 Å². The first-order chi connectivity index (χ1) is 25.0. The first kappa shape index (κ1) is 38.3. The standard InChI is InChI=1S/C47H50N4O.Pt/c1-29(2)21-34-24-35(22-30(3)4)46(32(7)8)47(45(34)31(5)6)36-27-49-50(28-36)37-13-12-14-38(25-37)52-39-17-18-41-40-15-10-11-16-42(40)51(43(41)26-39)44-23-33(9)19-20-48-44;/h10-20,23-24,27-32H,21-22H2,1-9H3;/q-2;+2. The summed E-state index contributed by atoms with van der Waals surface area (Å²) in [5.41, 5.74) is 12.3. The number of pyridine rings is 1. The van der Waals surface area contributed by atoms with Crippen molar-refractivity contribution in [2.75, 3.05) is 0 Å². The van der Waals surface area contributed by atoms with Crippen molar-refractivity contribution in [3.05, 3.63) is 131 Å². The van der Waals surface area contributed by atoms with Crippen LogP contribution in [0.4, 0.5) is 0 Å². The summed E-state index contributed by atoms with van der Waals surface area (Å²) in [7, 11) is 0. The molecule has 4 aromatic carbocycles. The van der Waals surface area contributed by atoms with Gasteiger partial charge in [-0.05, 0) is 106 Å². The molecule has 0 unspecified atom stereocenters. The maximum absolute atomic E-state index is 6.47. The summed E-state index contributed by atoms with van der Waals surface area (Å²) in [5.74, 6) is 3.98. The topological polar surface area (TPSA) is 44.9 Å². The van der Waals surface area contributed by atoms with E-state index in [1.54, 1.807) is 0 Å². The van der Waals surface area contributed by atoms with Crippen LogP contribution in [0.15, 0.2) is 91.4 Å². The second-order valence-corrected chi connectivity index (χ2v) is 15.7. The first-order valence-corrected chi connectivity index (χ1v) is 18.8. The van der Waals surface area contributed by atoms with Gasteiger partial charge in [0.15, 0.2) is 0 Å². The Morgan fingerprint density at radius 1 is 0.717 bits per heavy atom. The van der Waals surface area contributed by atoms with E-state index < -0.39 is 0 Å². The minimum absolute atomic E-state index is 0. The van der Waals surface area contributed by atoms with Crippen molar-refractivity contribution in [2.24, 2.45) is 11.8 Å². The maximum Gasteiger partial charge on any atom is 2.00 e. The summed E-state index contributed by atoms with van der Waals surface area (Å²) in [6.07, 6.45) is 8.19. The Bertz CT molecular complexity index is 2340. The van der Waals surface area contributed by atoms with Crippen LogP contribution in [-0.4, -0.2) is 19.3 Å². The summed E-state index contributed by atoms with van der Waals surface area (Å²) in [6, 6.07) is 32.2. The van der Waals surface area contributed by atoms with Crippen LogP contribution in [0.1, 0.15) is 95.0 Å². The zero-order chi connectivity index (χ0) is 36.7. The Hall–Kier alpha value is -4.47. The predicted molar refractivity (Wildman–Crippen MR) is 215 cm³/mol. The molecule has 7 rings (SSSR count). The molecule has 6 heteroatoms. The molecular formula is C47H50N4OPt. The monoisotopic (exact) mass is 881 g/mol. The molecule has 0 bridgehead atoms. The Morgan fingerprint density at radius 2 is 1.40 bits per heavy atom. The number of aryl methyl sites for hydroxylation is 1. The molecule has 5 nitrogen and oxygen atoms in total. The fourth-order valence-electron chi connectivity index (χ4n) is 7.83. The zero-order valence-corrected chi connectivity index (χ0v) is 34.7. The van der Waals surface area contributed by atoms with Gasteiger partial charge in [0, 0.05) is 35.0 Å². The van der Waals surface area contributed by atoms with E-state index in [-0.39, 0.29) is 21.1 Å². The second-order valence-electron chi connectivity index (χ2n) is 15.7. The number of aromatic nitrogens is 4. The van der Waals surface area contributed by atoms with Crippen LogP contribution in [0.5, 0.6) is 11.5 Å². The van der Waals surface area contributed by atoms with Gasteiger partial charge >= 0.3 is 21.1 Å². The van der Waals surface area contributed by atoms with E-state index in [0.29, 0.717) is 35.2 Å². The molecule has 3 aromatic heterocycles. The molecule has 7 aromatic rings. The number of rotatable bonds is 11. The third-order valence-electron chi connectivity index (χ3n) is 9.77. The van der Waals surface area contributed by atoms with Crippen molar-refractivity contribution < 1.29 is 25.8 Å². The van der Waals surface area contributed by atoms with E-state index in [2.05, 4.69) is 128 Å². The molecule has 0 fully saturated rings. The number of nitrogens with zero attached hydrogens (tertiary/aromatic N) is 4. The number of benzene rings is 4. The van der Waals surface area contributed by atoms with Gasteiger partial charge in [-0.2, -0.15) is 17.2 Å². The van der Waals surface area contributed by atoms with Crippen LogP contribution in [0, 0.1) is 30.9 Å². The molecule has 0 amide bonds. The summed E-state index contributed by atoms with van der Waals surface area (Å²) < 4.78 is 10.6. The van der Waals surface area contributed by atoms with Crippen LogP contribution in [-0.2, 0) is 33.9 Å². The molecule has 274 valence electrons. The van der Waals surface area contributed by atoms with Gasteiger partial charge < -0.3 is 9.30 Å². The fraction of sp³-hybridized carbons (Fsp3) is 0.319. The molecule has 0 spiro atoms. The Kier molecular flexibility index (Phi) is 11.5. The molecule has 0 saturated carbocycles. The maximum atomic E-state index is 6.47. The molecule has 53 heavy (non-hydrogen) atoms. The molecule has 0 aliphatic heterocycles. The van der Waals surface area contributed by atoms with E-state index in [0.717, 1.165) is 57.3 Å². The SMILES string of the molecule is Cc1ccnc(-n2c3[c-]c(Oc4[c-]c(-n5cc(-c6c(C(C)C)c(CC(C)C)cc(CC(C)C)c6C(C)C)cn5)ccc4)ccc3c3ccccc32)c1.[Pt+2]. The Labute approximate surface area is 329 Å². The van der Waals surface area contributed by atoms with Gasteiger partial charge in [-0.25, -0.2) is 4.98 Å². The van der Waals surface area contributed by atoms with E-state index >= 15 is 0 Å². The van der Waals surface area contributed by atoms with Gasteiger partial charge in [0.2, 0.25) is 0 Å². The van der Waals surface area contributed by atoms with Crippen LogP contribution >= 0.6 is 0 Å². The molecule has 0 radical (unpaired) electrons. The molecule has 3 heterocycles. The largest absolute Gasteiger partial charge is 2.00 e. The van der Waals surface area contributed by atoms with Crippen LogP contribution in [0.2, 0.25) is 0 Å². The van der Waals surface area contributed by atoms with E-state index in [1.165, 1.54) is 27.8 Å². The van der Waals surface area contributed by atoms with E-state index in [1.807, 2.05) is 47.4 Å². The van der Waals surface area contributed by atoms with Crippen molar-refractivity contribution >= 4 is 21.8 Å². The summed E-state index contributed by atoms with van der Waals surface area (Å²) in [4.78, 5) is 4.72. The number of fused-ring (bicyclic) bond motifs is 3. The Morgan fingerprint density at radius 3 is 2.06 bits per heavy atom. The van der Waals surface area contributed by atoms with Crippen molar-refractivity contribution in [3.63, 3.8) is 0 Å². The minimum atomic E-state index is 0. The third kappa shape index (κ3) is 7.78. The molecular weight excluding hydrogens is 832 g/mol. The quantitative estimate of drug-likeness (QED) is 0.122. The van der Waals surface area contributed by atoms with Gasteiger partial charge in [0.05, 0.1) is 6.20 Å². The third-order valence-corrected chi connectivity index (χ3v) is 9.77.